The van der Waals surface area contributed by atoms with Crippen LogP contribution in [0.4, 0.5) is 0 Å². The van der Waals surface area contributed by atoms with E-state index >= 15 is 0 Å². The molecule has 474 valence electrons. The molecule has 12 aromatic rings. The number of hydrogen-bond acceptors (Lipinski definition) is 16. The first kappa shape index (κ1) is 63.0. The third-order valence-electron chi connectivity index (χ3n) is 16.9. The Hall–Kier alpha value is -11.8. The molecule has 0 aliphatic heterocycles. The van der Waals surface area contributed by atoms with Crippen LogP contribution in [0.25, 0.3) is 0 Å². The van der Waals surface area contributed by atoms with Gasteiger partial charge >= 0.3 is 263 Å². The Morgan fingerprint density at radius 2 is 0.406 bits per heavy atom. The number of fused-ring (bicyclic) bond motifs is 8. The van der Waals surface area contributed by atoms with E-state index in [-0.39, 0.29) is 44.5 Å². The SMILES string of the molecule is O=Cc1ccc(Oc2ccc(C3c4cc(c(O)cc4O)C(c4ccc(Oc5ccc(C=O)cc5)cc4)c4cc(c(O)cc4O)C(c4ccc(Oc5cc[c]([Cr]=[O])cc5)cc4)c4cc(c(O)cc4O)C(c4ccc(Oc5cc[c]([Cr]=[O])cc5)cc4)c4cc3c(O)cc4O)cc2)cc1. The van der Waals surface area contributed by atoms with E-state index in [1.807, 2.05) is 0 Å². The molecule has 4 atom stereocenters. The predicted octanol–water partition coefficient (Wildman–Crippen LogP) is 15.3. The summed E-state index contributed by atoms with van der Waals surface area (Å²) in [5, 5.41) is 100. The summed E-state index contributed by atoms with van der Waals surface area (Å²) in [5.41, 5.74) is 3.60. The van der Waals surface area contributed by atoms with Gasteiger partial charge in [0.1, 0.15) is 58.6 Å². The van der Waals surface area contributed by atoms with Crippen LogP contribution in [0.1, 0.15) is 111 Å². The average molecular weight is 1350 g/mol. The van der Waals surface area contributed by atoms with Crippen LogP contribution in [0.15, 0.2) is 243 Å². The molecule has 12 aromatic carbocycles. The number of carbonyl (C=O) groups is 2. The Morgan fingerprint density at radius 3 is 0.573 bits per heavy atom. The topological polar surface area (TPSA) is 267 Å². The van der Waals surface area contributed by atoms with Crippen molar-refractivity contribution in [1.29, 1.82) is 0 Å². The Labute approximate surface area is 561 Å². The zero-order chi connectivity index (χ0) is 66.7. The van der Waals surface area contributed by atoms with Crippen molar-refractivity contribution in [2.24, 2.45) is 0 Å². The van der Waals surface area contributed by atoms with E-state index in [1.54, 1.807) is 218 Å². The molecule has 18 heteroatoms. The molecule has 8 bridgehead atoms. The fraction of sp³-hybridized carbons (Fsp3) is 0.0513. The zero-order valence-electron chi connectivity index (χ0n) is 50.2. The number of phenols is 8. The molecule has 0 spiro atoms. The summed E-state index contributed by atoms with van der Waals surface area (Å²) in [5.74, 6) is -4.92. The monoisotopic (exact) mass is 1350 g/mol. The molecule has 0 radical (unpaired) electrons. The summed E-state index contributed by atoms with van der Waals surface area (Å²) in [6.45, 7) is 0. The van der Waals surface area contributed by atoms with Crippen LogP contribution in [-0.2, 0) is 37.9 Å². The molecule has 0 saturated heterocycles. The van der Waals surface area contributed by atoms with Gasteiger partial charge < -0.3 is 50.3 Å². The van der Waals surface area contributed by atoms with Crippen molar-refractivity contribution in [3.05, 3.63) is 321 Å². The summed E-state index contributed by atoms with van der Waals surface area (Å²) in [7, 11) is 0. The first-order valence-corrected chi connectivity index (χ1v) is 32.2. The number of rotatable bonds is 16. The Morgan fingerprint density at radius 1 is 0.240 bits per heavy atom. The summed E-state index contributed by atoms with van der Waals surface area (Å²) in [6, 6.07) is 64.5. The van der Waals surface area contributed by atoms with Gasteiger partial charge in [0, 0.05) is 69.5 Å². The van der Waals surface area contributed by atoms with Crippen molar-refractivity contribution >= 4 is 21.4 Å². The van der Waals surface area contributed by atoms with Gasteiger partial charge in [0.15, 0.2) is 0 Å². The molecule has 0 saturated carbocycles. The van der Waals surface area contributed by atoms with Gasteiger partial charge in [0.2, 0.25) is 0 Å². The van der Waals surface area contributed by atoms with E-state index in [0.717, 1.165) is 24.3 Å². The van der Waals surface area contributed by atoms with Crippen molar-refractivity contribution in [3.63, 3.8) is 0 Å². The molecule has 96 heavy (non-hydrogen) atoms. The van der Waals surface area contributed by atoms with E-state index < -0.39 is 100.0 Å². The molecule has 1 aliphatic rings. The molecule has 4 unspecified atom stereocenters. The van der Waals surface area contributed by atoms with E-state index in [0.29, 0.717) is 101 Å². The van der Waals surface area contributed by atoms with Gasteiger partial charge in [-0.15, -0.1) is 0 Å². The Bertz CT molecular complexity index is 4180. The number of ether oxygens (including phenoxy) is 4. The van der Waals surface area contributed by atoms with Gasteiger partial charge in [0.25, 0.3) is 0 Å². The maximum atomic E-state index is 12.5. The number of benzene rings is 12. The normalized spacial score (nSPS) is 14.8. The van der Waals surface area contributed by atoms with Crippen LogP contribution < -0.4 is 27.8 Å². The van der Waals surface area contributed by atoms with E-state index in [4.69, 9.17) is 18.9 Å². The third-order valence-corrected chi connectivity index (χ3v) is 18.3. The molecular weight excluding hydrogens is 1300 g/mol. The van der Waals surface area contributed by atoms with Crippen molar-refractivity contribution < 1.29 is 107 Å². The van der Waals surface area contributed by atoms with Gasteiger partial charge in [-0.1, -0.05) is 24.3 Å². The van der Waals surface area contributed by atoms with E-state index in [1.165, 1.54) is 0 Å². The second-order valence-electron chi connectivity index (χ2n) is 22.8. The summed E-state index contributed by atoms with van der Waals surface area (Å²) >= 11 is -1.95. The first-order chi connectivity index (χ1) is 46.6. The molecule has 0 amide bonds. The molecule has 1 aliphatic carbocycles. The van der Waals surface area contributed by atoms with Gasteiger partial charge in [-0.05, 0) is 90.0 Å². The molecule has 0 fully saturated rings. The van der Waals surface area contributed by atoms with Crippen LogP contribution in [0.2, 0.25) is 0 Å². The first-order valence-electron chi connectivity index (χ1n) is 29.9. The predicted molar refractivity (Wildman–Crippen MR) is 346 cm³/mol. The van der Waals surface area contributed by atoms with Crippen molar-refractivity contribution in [1.82, 2.24) is 0 Å². The molecule has 16 nitrogen and oxygen atoms in total. The molecule has 8 N–H and O–H groups in total. The van der Waals surface area contributed by atoms with Crippen LogP contribution in [0.5, 0.6) is 92.0 Å². The average Bonchev–Trinajstić information content (AvgIpc) is 0.746. The van der Waals surface area contributed by atoms with Gasteiger partial charge in [-0.2, -0.15) is 0 Å². The summed E-state index contributed by atoms with van der Waals surface area (Å²) < 4.78 is 49.5. The van der Waals surface area contributed by atoms with Crippen LogP contribution in [0.3, 0.4) is 0 Å². The van der Waals surface area contributed by atoms with Crippen molar-refractivity contribution in [2.45, 2.75) is 23.7 Å². The Balaban J connectivity index is 1.06. The second-order valence-corrected chi connectivity index (χ2v) is 24.8. The fourth-order valence-corrected chi connectivity index (χ4v) is 13.0. The van der Waals surface area contributed by atoms with Crippen molar-refractivity contribution in [2.75, 3.05) is 0 Å². The third kappa shape index (κ3) is 13.0. The smallest absolute Gasteiger partial charge is 0.507 e. The van der Waals surface area contributed by atoms with E-state index in [9.17, 15) is 58.0 Å². The number of aromatic hydroxyl groups is 8. The van der Waals surface area contributed by atoms with Crippen LogP contribution >= 0.6 is 0 Å². The maximum absolute atomic E-state index is 12.5. The van der Waals surface area contributed by atoms with Gasteiger partial charge in [0.05, 0.1) is 0 Å². The van der Waals surface area contributed by atoms with Crippen molar-refractivity contribution in [3.8, 4) is 92.0 Å². The zero-order valence-corrected chi connectivity index (χ0v) is 52.8. The van der Waals surface area contributed by atoms with Gasteiger partial charge in [-0.25, -0.2) is 0 Å². The van der Waals surface area contributed by atoms with Crippen LogP contribution in [-0.4, -0.2) is 53.4 Å². The molecule has 0 heterocycles. The number of carbonyl (C=O) groups excluding carboxylic acids is 2. The quantitative estimate of drug-likeness (QED) is 0.0418. The number of phenolic OH excluding ortho intramolecular Hbond substituents is 8. The van der Waals surface area contributed by atoms with Crippen LogP contribution in [0, 0.1) is 0 Å². The van der Waals surface area contributed by atoms with Gasteiger partial charge in [-0.3, -0.25) is 9.59 Å². The number of hydrogen-bond donors (Lipinski definition) is 8. The summed E-state index contributed by atoms with van der Waals surface area (Å²) in [4.78, 5) is 23.0. The standard InChI is InChI=1S/C78H54O14.2Cr.2O/c79-43-45-11-23-53(24-12-45)91-57-31-19-49(20-32-57)77-63-36-61(69(83)40-71(63)85)75(47-15-27-55(28-16-47)89-51-7-3-1-4-8-51)59-35-60(68(82)39-67(59)81)76(48-17-29-56(30-18-48)90-52-9-5-2-6-10-52)62-37-64(72(86)41-70(62)84)78(66-38-65(77)73(87)42-74(66)88)50-21-33-58(34-22-50)92-54-25-13-46(44-80)14-26-54;;;;/h3-44,75-78,81-88H;;;;. The number of aldehydes is 2. The Kier molecular flexibility index (Phi) is 17.8. The fourth-order valence-electron chi connectivity index (χ4n) is 12.2. The molecular formula is C78H54Cr2O16. The second kappa shape index (κ2) is 27.1. The molecule has 13 rings (SSSR count). The minimum atomic E-state index is -1.19. The minimum Gasteiger partial charge on any atom is -0.507 e. The minimum absolute atomic E-state index is 0.113. The summed E-state index contributed by atoms with van der Waals surface area (Å²) in [6.07, 6.45) is 1.43. The van der Waals surface area contributed by atoms with E-state index in [2.05, 4.69) is 0 Å². The molecule has 0 aromatic heterocycles.